The number of carbonyl (C=O) groups is 1. The molecule has 1 amide bonds. The number of benzene rings is 1. The maximum Gasteiger partial charge on any atom is 0.304 e. The van der Waals surface area contributed by atoms with Crippen LogP contribution in [0.1, 0.15) is 17.3 Å². The minimum atomic E-state index is -0.639. The Morgan fingerprint density at radius 2 is 2.16 bits per heavy atom. The van der Waals surface area contributed by atoms with Crippen molar-refractivity contribution >= 4 is 17.3 Å². The number of anilines is 1. The molecule has 0 saturated heterocycles. The number of hydrogen-bond donors (Lipinski definition) is 2. The molecule has 0 saturated carbocycles. The lowest BCUT2D eigenvalue weighted by molar-refractivity contribution is -0.384. The van der Waals surface area contributed by atoms with Crippen LogP contribution in [-0.4, -0.2) is 42.4 Å². The Bertz CT molecular complexity index is 488. The first-order valence-electron chi connectivity index (χ1n) is 5.82. The van der Waals surface area contributed by atoms with Crippen molar-refractivity contribution in [3.8, 4) is 0 Å². The van der Waals surface area contributed by atoms with E-state index in [-0.39, 0.29) is 23.0 Å². The fraction of sp³-hybridized carbons (Fsp3) is 0.417. The van der Waals surface area contributed by atoms with Crippen LogP contribution in [0.5, 0.6) is 0 Å². The number of nitrogen functional groups attached to an aromatic ring is 1. The summed E-state index contributed by atoms with van der Waals surface area (Å²) in [4.78, 5) is 24.2. The molecule has 1 aromatic carbocycles. The molecule has 0 radical (unpaired) electrons. The number of nitrogens with zero attached hydrogens (tertiary/aromatic N) is 2. The molecule has 0 aliphatic carbocycles. The van der Waals surface area contributed by atoms with E-state index in [1.807, 2.05) is 25.9 Å². The van der Waals surface area contributed by atoms with Gasteiger partial charge in [0.05, 0.1) is 4.92 Å². The predicted octanol–water partition coefficient (Wildman–Crippen LogP) is 0.857. The van der Waals surface area contributed by atoms with Crippen LogP contribution in [0, 0.1) is 10.1 Å². The zero-order chi connectivity index (χ0) is 14.6. The second kappa shape index (κ2) is 6.14. The highest BCUT2D eigenvalue weighted by molar-refractivity contribution is 6.00. The number of rotatable bonds is 5. The average molecular weight is 266 g/mol. The first-order chi connectivity index (χ1) is 8.84. The molecule has 104 valence electrons. The van der Waals surface area contributed by atoms with Crippen LogP contribution in [0.15, 0.2) is 18.2 Å². The molecule has 0 fully saturated rings. The molecule has 7 nitrogen and oxygen atoms in total. The van der Waals surface area contributed by atoms with Gasteiger partial charge in [0, 0.05) is 12.6 Å². The predicted molar refractivity (Wildman–Crippen MR) is 73.0 cm³/mol. The Labute approximate surface area is 111 Å². The Kier molecular flexibility index (Phi) is 4.82. The van der Waals surface area contributed by atoms with E-state index in [1.54, 1.807) is 0 Å². The van der Waals surface area contributed by atoms with Crippen LogP contribution < -0.4 is 11.1 Å². The summed E-state index contributed by atoms with van der Waals surface area (Å²) in [6, 6.07) is 4.44. The fourth-order valence-corrected chi connectivity index (χ4v) is 1.47. The standard InChI is InChI=1S/C12H18N4O3/c1-8(15(2)3)7-14-12(17)9-5-4-6-10(13)11(9)16(18)19/h4-6,8H,7,13H2,1-3H3,(H,14,17). The van der Waals surface area contributed by atoms with Crippen LogP contribution in [0.4, 0.5) is 11.4 Å². The molecule has 1 aromatic rings. The van der Waals surface area contributed by atoms with Crippen molar-refractivity contribution in [3.05, 3.63) is 33.9 Å². The third-order valence-electron chi connectivity index (χ3n) is 2.93. The van der Waals surface area contributed by atoms with Crippen molar-refractivity contribution in [2.45, 2.75) is 13.0 Å². The molecule has 0 aromatic heterocycles. The molecular weight excluding hydrogens is 248 g/mol. The van der Waals surface area contributed by atoms with Gasteiger partial charge in [-0.15, -0.1) is 0 Å². The first kappa shape index (κ1) is 14.9. The summed E-state index contributed by atoms with van der Waals surface area (Å²) >= 11 is 0. The molecule has 7 heteroatoms. The summed E-state index contributed by atoms with van der Waals surface area (Å²) < 4.78 is 0. The number of nitro groups is 1. The molecular formula is C12H18N4O3. The van der Waals surface area contributed by atoms with Crippen molar-refractivity contribution in [1.82, 2.24) is 10.2 Å². The van der Waals surface area contributed by atoms with Crippen LogP contribution in [0.3, 0.4) is 0 Å². The second-order valence-electron chi connectivity index (χ2n) is 4.52. The van der Waals surface area contributed by atoms with E-state index in [0.29, 0.717) is 6.54 Å². The van der Waals surface area contributed by atoms with Crippen molar-refractivity contribution in [2.24, 2.45) is 0 Å². The second-order valence-corrected chi connectivity index (χ2v) is 4.52. The van der Waals surface area contributed by atoms with Crippen molar-refractivity contribution in [1.29, 1.82) is 0 Å². The zero-order valence-corrected chi connectivity index (χ0v) is 11.2. The van der Waals surface area contributed by atoms with Gasteiger partial charge in [-0.3, -0.25) is 14.9 Å². The number of para-hydroxylation sites is 1. The maximum atomic E-state index is 12.0. The number of nitrogens with one attached hydrogen (secondary N) is 1. The highest BCUT2D eigenvalue weighted by Gasteiger charge is 2.23. The maximum absolute atomic E-state index is 12.0. The lowest BCUT2D eigenvalue weighted by atomic mass is 10.1. The van der Waals surface area contributed by atoms with Gasteiger partial charge in [0.25, 0.3) is 5.91 Å². The van der Waals surface area contributed by atoms with E-state index in [1.165, 1.54) is 18.2 Å². The van der Waals surface area contributed by atoms with E-state index < -0.39 is 10.8 Å². The van der Waals surface area contributed by atoms with Crippen LogP contribution in [0.2, 0.25) is 0 Å². The van der Waals surface area contributed by atoms with Crippen molar-refractivity contribution < 1.29 is 9.72 Å². The van der Waals surface area contributed by atoms with Crippen LogP contribution >= 0.6 is 0 Å². The van der Waals surface area contributed by atoms with Gasteiger partial charge in [-0.2, -0.15) is 0 Å². The summed E-state index contributed by atoms with van der Waals surface area (Å²) in [5, 5.41) is 13.6. The smallest absolute Gasteiger partial charge is 0.304 e. The topological polar surface area (TPSA) is 102 Å². The Balaban J connectivity index is 2.89. The van der Waals surface area contributed by atoms with E-state index in [0.717, 1.165) is 0 Å². The molecule has 19 heavy (non-hydrogen) atoms. The number of nitro benzene ring substituents is 1. The Morgan fingerprint density at radius 1 is 1.53 bits per heavy atom. The third kappa shape index (κ3) is 3.65. The summed E-state index contributed by atoms with van der Waals surface area (Å²) in [5.74, 6) is -0.493. The van der Waals surface area contributed by atoms with Gasteiger partial charge in [-0.05, 0) is 33.2 Å². The average Bonchev–Trinajstić information content (AvgIpc) is 2.34. The van der Waals surface area contributed by atoms with Gasteiger partial charge in [-0.25, -0.2) is 0 Å². The van der Waals surface area contributed by atoms with E-state index in [9.17, 15) is 14.9 Å². The number of amides is 1. The SMILES string of the molecule is CC(CNC(=O)c1cccc(N)c1[N+](=O)[O-])N(C)C. The molecule has 1 rings (SSSR count). The Morgan fingerprint density at radius 3 is 2.68 bits per heavy atom. The molecule has 0 heterocycles. The van der Waals surface area contributed by atoms with Gasteiger partial charge in [0.15, 0.2) is 0 Å². The largest absolute Gasteiger partial charge is 0.393 e. The van der Waals surface area contributed by atoms with Crippen molar-refractivity contribution in [3.63, 3.8) is 0 Å². The highest BCUT2D eigenvalue weighted by Crippen LogP contribution is 2.25. The summed E-state index contributed by atoms with van der Waals surface area (Å²) in [7, 11) is 3.78. The lowest BCUT2D eigenvalue weighted by Crippen LogP contribution is -2.38. The van der Waals surface area contributed by atoms with Crippen LogP contribution in [0.25, 0.3) is 0 Å². The van der Waals surface area contributed by atoms with Gasteiger partial charge in [-0.1, -0.05) is 6.07 Å². The summed E-state index contributed by atoms with van der Waals surface area (Å²) in [5.41, 5.74) is 5.15. The number of likely N-dealkylation sites (N-methyl/N-ethyl adjacent to an activating group) is 1. The molecule has 1 atom stereocenters. The van der Waals surface area contributed by atoms with E-state index in [2.05, 4.69) is 5.32 Å². The Hall–Kier alpha value is -2.15. The lowest BCUT2D eigenvalue weighted by Gasteiger charge is -2.19. The molecule has 1 unspecified atom stereocenters. The molecule has 0 aliphatic rings. The monoisotopic (exact) mass is 266 g/mol. The third-order valence-corrected chi connectivity index (χ3v) is 2.93. The quantitative estimate of drug-likeness (QED) is 0.467. The van der Waals surface area contributed by atoms with E-state index >= 15 is 0 Å². The molecule has 0 bridgehead atoms. The minimum absolute atomic E-state index is 0.0155. The van der Waals surface area contributed by atoms with Gasteiger partial charge < -0.3 is 16.0 Å². The zero-order valence-electron chi connectivity index (χ0n) is 11.2. The van der Waals surface area contributed by atoms with Gasteiger partial charge in [0.2, 0.25) is 0 Å². The van der Waals surface area contributed by atoms with Crippen LogP contribution in [-0.2, 0) is 0 Å². The summed E-state index contributed by atoms with van der Waals surface area (Å²) in [6.45, 7) is 2.34. The molecule has 3 N–H and O–H groups in total. The fourth-order valence-electron chi connectivity index (χ4n) is 1.47. The number of carbonyl (C=O) groups excluding carboxylic acids is 1. The van der Waals surface area contributed by atoms with Gasteiger partial charge >= 0.3 is 5.69 Å². The molecule has 0 spiro atoms. The van der Waals surface area contributed by atoms with Gasteiger partial charge in [0.1, 0.15) is 11.3 Å². The van der Waals surface area contributed by atoms with Crippen molar-refractivity contribution in [2.75, 3.05) is 26.4 Å². The van der Waals surface area contributed by atoms with E-state index in [4.69, 9.17) is 5.73 Å². The molecule has 0 aliphatic heterocycles. The number of hydrogen-bond acceptors (Lipinski definition) is 5. The number of nitrogens with two attached hydrogens (primary N) is 1. The highest BCUT2D eigenvalue weighted by atomic mass is 16.6. The summed E-state index contributed by atoms with van der Waals surface area (Å²) in [6.07, 6.45) is 0. The minimum Gasteiger partial charge on any atom is -0.393 e. The normalized spacial score (nSPS) is 12.2. The first-order valence-corrected chi connectivity index (χ1v) is 5.82.